The van der Waals surface area contributed by atoms with Gasteiger partial charge in [-0.15, -0.1) is 0 Å². The van der Waals surface area contributed by atoms with Gasteiger partial charge < -0.3 is 5.11 Å². The zero-order valence-electron chi connectivity index (χ0n) is 8.83. The second-order valence-corrected chi connectivity index (χ2v) is 3.82. The van der Waals surface area contributed by atoms with Crippen LogP contribution in [0.4, 0.5) is 0 Å². The molecule has 1 rings (SSSR count). The fourth-order valence-corrected chi connectivity index (χ4v) is 1.49. The molecule has 3 nitrogen and oxygen atoms in total. The van der Waals surface area contributed by atoms with Crippen LogP contribution in [0, 0.1) is 12.8 Å². The third-order valence-electron chi connectivity index (χ3n) is 2.11. The van der Waals surface area contributed by atoms with Crippen molar-refractivity contribution >= 4 is 0 Å². The molecule has 0 atom stereocenters. The normalized spacial score (nSPS) is 11.2. The van der Waals surface area contributed by atoms with Gasteiger partial charge in [0.05, 0.1) is 5.69 Å². The van der Waals surface area contributed by atoms with Crippen molar-refractivity contribution in [2.24, 2.45) is 5.92 Å². The lowest BCUT2D eigenvalue weighted by Gasteiger charge is -2.05. The lowest BCUT2D eigenvalue weighted by atomic mass is 10.2. The van der Waals surface area contributed by atoms with Gasteiger partial charge in [-0.2, -0.15) is 5.10 Å². The Hall–Kier alpha value is -0.990. The minimum Gasteiger partial charge on any atom is -0.493 e. The van der Waals surface area contributed by atoms with Crippen molar-refractivity contribution in [1.29, 1.82) is 0 Å². The largest absolute Gasteiger partial charge is 0.493 e. The molecular formula is C10H18N2O. The van der Waals surface area contributed by atoms with Gasteiger partial charge in [-0.1, -0.05) is 20.8 Å². The van der Waals surface area contributed by atoms with Gasteiger partial charge in [0.2, 0.25) is 5.88 Å². The number of rotatable bonds is 3. The van der Waals surface area contributed by atoms with Crippen molar-refractivity contribution in [3.8, 4) is 5.88 Å². The molecule has 0 aromatic carbocycles. The first-order valence-corrected chi connectivity index (χ1v) is 4.81. The van der Waals surface area contributed by atoms with E-state index in [1.807, 2.05) is 13.8 Å². The standard InChI is InChI=1S/C10H18N2O/c1-5-9-8(4)11-12(10(9)13)6-7(2)3/h7,13H,5-6H2,1-4H3. The third-order valence-corrected chi connectivity index (χ3v) is 2.11. The Morgan fingerprint density at radius 1 is 1.46 bits per heavy atom. The second-order valence-electron chi connectivity index (χ2n) is 3.82. The average molecular weight is 182 g/mol. The zero-order valence-corrected chi connectivity index (χ0v) is 8.83. The molecule has 13 heavy (non-hydrogen) atoms. The van der Waals surface area contributed by atoms with E-state index in [9.17, 15) is 5.11 Å². The maximum Gasteiger partial charge on any atom is 0.212 e. The Morgan fingerprint density at radius 3 is 2.46 bits per heavy atom. The van der Waals surface area contributed by atoms with Crippen LogP contribution in [0.1, 0.15) is 32.0 Å². The minimum absolute atomic E-state index is 0.341. The summed E-state index contributed by atoms with van der Waals surface area (Å²) in [6.07, 6.45) is 0.843. The quantitative estimate of drug-likeness (QED) is 0.777. The maximum atomic E-state index is 9.76. The van der Waals surface area contributed by atoms with Gasteiger partial charge in [-0.05, 0) is 19.3 Å². The Morgan fingerprint density at radius 2 is 2.08 bits per heavy atom. The van der Waals surface area contributed by atoms with Crippen LogP contribution in [-0.2, 0) is 13.0 Å². The van der Waals surface area contributed by atoms with Crippen LogP contribution in [0.3, 0.4) is 0 Å². The van der Waals surface area contributed by atoms with Crippen LogP contribution in [0.15, 0.2) is 0 Å². The molecular weight excluding hydrogens is 164 g/mol. The molecule has 0 saturated carbocycles. The summed E-state index contributed by atoms with van der Waals surface area (Å²) < 4.78 is 1.69. The monoisotopic (exact) mass is 182 g/mol. The summed E-state index contributed by atoms with van der Waals surface area (Å²) in [5.41, 5.74) is 1.92. The van der Waals surface area contributed by atoms with Gasteiger partial charge in [0.15, 0.2) is 0 Å². The highest BCUT2D eigenvalue weighted by Crippen LogP contribution is 2.21. The molecule has 0 aliphatic rings. The molecule has 1 heterocycles. The molecule has 3 heteroatoms. The molecule has 0 radical (unpaired) electrons. The van der Waals surface area contributed by atoms with E-state index < -0.39 is 0 Å². The fourth-order valence-electron chi connectivity index (χ4n) is 1.49. The summed E-state index contributed by atoms with van der Waals surface area (Å²) in [7, 11) is 0. The first-order chi connectivity index (χ1) is 6.06. The van der Waals surface area contributed by atoms with Crippen molar-refractivity contribution < 1.29 is 5.11 Å². The molecule has 1 aromatic heterocycles. The molecule has 0 bridgehead atoms. The number of aromatic hydroxyl groups is 1. The van der Waals surface area contributed by atoms with Crippen molar-refractivity contribution in [1.82, 2.24) is 9.78 Å². The number of aryl methyl sites for hydroxylation is 1. The summed E-state index contributed by atoms with van der Waals surface area (Å²) in [4.78, 5) is 0. The van der Waals surface area contributed by atoms with Gasteiger partial charge in [0.1, 0.15) is 0 Å². The number of hydrogen-bond acceptors (Lipinski definition) is 2. The predicted octanol–water partition coefficient (Wildman–Crippen LogP) is 2.12. The fraction of sp³-hybridized carbons (Fsp3) is 0.700. The van der Waals surface area contributed by atoms with E-state index in [0.717, 1.165) is 24.2 Å². The van der Waals surface area contributed by atoms with E-state index in [1.54, 1.807) is 4.68 Å². The summed E-state index contributed by atoms with van der Waals surface area (Å²) in [5, 5.41) is 14.0. The Bertz CT molecular complexity index is 289. The van der Waals surface area contributed by atoms with Crippen LogP contribution in [-0.4, -0.2) is 14.9 Å². The van der Waals surface area contributed by atoms with E-state index >= 15 is 0 Å². The first-order valence-electron chi connectivity index (χ1n) is 4.81. The lowest BCUT2D eigenvalue weighted by molar-refractivity contribution is 0.369. The lowest BCUT2D eigenvalue weighted by Crippen LogP contribution is -2.05. The summed E-state index contributed by atoms with van der Waals surface area (Å²) in [6, 6.07) is 0. The van der Waals surface area contributed by atoms with Gasteiger partial charge >= 0.3 is 0 Å². The number of nitrogens with zero attached hydrogens (tertiary/aromatic N) is 2. The Labute approximate surface area is 79.4 Å². The molecule has 0 saturated heterocycles. The second kappa shape index (κ2) is 3.81. The molecule has 1 aromatic rings. The van der Waals surface area contributed by atoms with Crippen LogP contribution < -0.4 is 0 Å². The highest BCUT2D eigenvalue weighted by atomic mass is 16.3. The van der Waals surface area contributed by atoms with Crippen molar-refractivity contribution in [3.63, 3.8) is 0 Å². The summed E-state index contributed by atoms with van der Waals surface area (Å²) >= 11 is 0. The SMILES string of the molecule is CCc1c(C)nn(CC(C)C)c1O. The van der Waals surface area contributed by atoms with Crippen molar-refractivity contribution in [3.05, 3.63) is 11.3 Å². The molecule has 1 N–H and O–H groups in total. The molecule has 0 amide bonds. The predicted molar refractivity (Wildman–Crippen MR) is 52.8 cm³/mol. The first kappa shape index (κ1) is 10.1. The maximum absolute atomic E-state index is 9.76. The highest BCUT2D eigenvalue weighted by molar-refractivity contribution is 5.29. The molecule has 0 fully saturated rings. The minimum atomic E-state index is 0.341. The van der Waals surface area contributed by atoms with Crippen LogP contribution >= 0.6 is 0 Å². The third kappa shape index (κ3) is 2.02. The highest BCUT2D eigenvalue weighted by Gasteiger charge is 2.12. The molecule has 0 spiro atoms. The summed E-state index contributed by atoms with van der Waals surface area (Å²) in [5.74, 6) is 0.851. The van der Waals surface area contributed by atoms with Crippen molar-refractivity contribution in [2.45, 2.75) is 40.7 Å². The average Bonchev–Trinajstić information content (AvgIpc) is 2.26. The number of aromatic nitrogens is 2. The van der Waals surface area contributed by atoms with Crippen molar-refractivity contribution in [2.75, 3.05) is 0 Å². The van der Waals surface area contributed by atoms with Gasteiger partial charge in [-0.25, -0.2) is 4.68 Å². The smallest absolute Gasteiger partial charge is 0.212 e. The zero-order chi connectivity index (χ0) is 10.0. The van der Waals surface area contributed by atoms with E-state index in [1.165, 1.54) is 0 Å². The van der Waals surface area contributed by atoms with Crippen LogP contribution in [0.5, 0.6) is 5.88 Å². The van der Waals surface area contributed by atoms with Crippen LogP contribution in [0.2, 0.25) is 0 Å². The van der Waals surface area contributed by atoms with E-state index in [-0.39, 0.29) is 0 Å². The van der Waals surface area contributed by atoms with Gasteiger partial charge in [0.25, 0.3) is 0 Å². The van der Waals surface area contributed by atoms with Crippen LogP contribution in [0.25, 0.3) is 0 Å². The Kier molecular flexibility index (Phi) is 2.96. The van der Waals surface area contributed by atoms with E-state index in [4.69, 9.17) is 0 Å². The number of hydrogen-bond donors (Lipinski definition) is 1. The molecule has 0 aliphatic carbocycles. The molecule has 74 valence electrons. The summed E-state index contributed by atoms with van der Waals surface area (Å²) in [6.45, 7) is 8.98. The molecule has 0 unspecified atom stereocenters. The Balaban J connectivity index is 2.96. The van der Waals surface area contributed by atoms with E-state index in [0.29, 0.717) is 11.8 Å². The van der Waals surface area contributed by atoms with E-state index in [2.05, 4.69) is 18.9 Å². The topological polar surface area (TPSA) is 38.0 Å². The molecule has 0 aliphatic heterocycles. The van der Waals surface area contributed by atoms with Gasteiger partial charge in [-0.3, -0.25) is 0 Å². The van der Waals surface area contributed by atoms with Gasteiger partial charge in [0, 0.05) is 12.1 Å².